The van der Waals surface area contributed by atoms with Gasteiger partial charge in [-0.05, 0) is 87.5 Å². The van der Waals surface area contributed by atoms with Gasteiger partial charge >= 0.3 is 0 Å². The third-order valence-electron chi connectivity index (χ3n) is 9.62. The normalized spacial score (nSPS) is 11.2. The number of fused-ring (bicyclic) bond motifs is 3. The lowest BCUT2D eigenvalue weighted by atomic mass is 9.94. The average Bonchev–Trinajstić information content (AvgIpc) is 3.58. The largest absolute Gasteiger partial charge is 0.354 e. The fourth-order valence-electron chi connectivity index (χ4n) is 7.31. The van der Waals surface area contributed by atoms with Crippen LogP contribution in [0, 0.1) is 0 Å². The summed E-state index contributed by atoms with van der Waals surface area (Å²) in [4.78, 5) is 5.98. The zero-order valence-electron chi connectivity index (χ0n) is 27.5. The van der Waals surface area contributed by atoms with Gasteiger partial charge in [0, 0.05) is 38.7 Å². The van der Waals surface area contributed by atoms with E-state index >= 15 is 0 Å². The van der Waals surface area contributed by atoms with Crippen LogP contribution >= 0.6 is 0 Å². The SMILES string of the molecule is c1ccc(-c2ccccc2-c2ccc(N(c3ccccc3)c3ccccc3-c3cccc(-c4cccc5[nH]c6ccccc6c45)c3)cc2)cc1. The molecule has 8 aromatic carbocycles. The molecule has 0 aliphatic carbocycles. The molecule has 0 radical (unpaired) electrons. The second kappa shape index (κ2) is 12.8. The molecule has 0 atom stereocenters. The molecule has 9 aromatic rings. The number of anilines is 3. The molecule has 50 heavy (non-hydrogen) atoms. The summed E-state index contributed by atoms with van der Waals surface area (Å²) in [7, 11) is 0. The molecule has 0 fully saturated rings. The summed E-state index contributed by atoms with van der Waals surface area (Å²) in [5.41, 5.74) is 15.3. The standard InChI is InChI=1S/C48H34N2/c1-3-15-34(16-4-1)40-21-7-8-22-41(40)35-29-31-39(32-30-35)50(38-19-5-2-6-20-38)47-28-12-10-23-42(47)36-17-13-18-37(33-36)43-25-14-27-46-48(43)44-24-9-11-26-45(44)49-46/h1-33,49H. The number of H-pyrrole nitrogens is 1. The minimum atomic E-state index is 1.10. The molecule has 0 saturated carbocycles. The van der Waals surface area contributed by atoms with E-state index in [-0.39, 0.29) is 0 Å². The van der Waals surface area contributed by atoms with Crippen LogP contribution in [0.5, 0.6) is 0 Å². The molecule has 0 bridgehead atoms. The van der Waals surface area contributed by atoms with Gasteiger partial charge in [-0.15, -0.1) is 0 Å². The van der Waals surface area contributed by atoms with Crippen LogP contribution in [-0.4, -0.2) is 4.98 Å². The second-order valence-corrected chi connectivity index (χ2v) is 12.6. The van der Waals surface area contributed by atoms with Crippen molar-refractivity contribution in [1.29, 1.82) is 0 Å². The van der Waals surface area contributed by atoms with Crippen LogP contribution in [0.15, 0.2) is 200 Å². The molecule has 0 aliphatic rings. The van der Waals surface area contributed by atoms with Crippen LogP contribution in [0.25, 0.3) is 66.3 Å². The van der Waals surface area contributed by atoms with Crippen LogP contribution in [-0.2, 0) is 0 Å². The van der Waals surface area contributed by atoms with Crippen molar-refractivity contribution in [2.45, 2.75) is 0 Å². The van der Waals surface area contributed by atoms with E-state index < -0.39 is 0 Å². The minimum absolute atomic E-state index is 1.10. The first-order valence-corrected chi connectivity index (χ1v) is 17.1. The molecule has 0 unspecified atom stereocenters. The third kappa shape index (κ3) is 5.34. The molecule has 2 nitrogen and oxygen atoms in total. The first-order valence-electron chi connectivity index (χ1n) is 17.1. The van der Waals surface area contributed by atoms with Crippen LogP contribution in [0.3, 0.4) is 0 Å². The van der Waals surface area contributed by atoms with Gasteiger partial charge in [0.2, 0.25) is 0 Å². The van der Waals surface area contributed by atoms with Crippen molar-refractivity contribution < 1.29 is 0 Å². The molecule has 0 aliphatic heterocycles. The molecule has 1 heterocycles. The highest BCUT2D eigenvalue weighted by Gasteiger charge is 2.18. The summed E-state index contributed by atoms with van der Waals surface area (Å²) in [5.74, 6) is 0. The van der Waals surface area contributed by atoms with Crippen molar-refractivity contribution >= 4 is 38.9 Å². The van der Waals surface area contributed by atoms with E-state index in [2.05, 4.69) is 210 Å². The van der Waals surface area contributed by atoms with E-state index in [4.69, 9.17) is 0 Å². The summed E-state index contributed by atoms with van der Waals surface area (Å²) < 4.78 is 0. The number of hydrogen-bond acceptors (Lipinski definition) is 1. The Kier molecular flexibility index (Phi) is 7.53. The summed E-state index contributed by atoms with van der Waals surface area (Å²) in [6, 6.07) is 71.8. The number of benzene rings is 8. The number of aromatic amines is 1. The van der Waals surface area contributed by atoms with Crippen molar-refractivity contribution in [2.75, 3.05) is 4.90 Å². The van der Waals surface area contributed by atoms with Crippen LogP contribution in [0.2, 0.25) is 0 Å². The molecule has 236 valence electrons. The lowest BCUT2D eigenvalue weighted by Crippen LogP contribution is -2.11. The lowest BCUT2D eigenvalue weighted by molar-refractivity contribution is 1.28. The lowest BCUT2D eigenvalue weighted by Gasteiger charge is -2.28. The molecule has 0 saturated heterocycles. The van der Waals surface area contributed by atoms with E-state index in [1.54, 1.807) is 0 Å². The highest BCUT2D eigenvalue weighted by atomic mass is 15.1. The van der Waals surface area contributed by atoms with E-state index in [9.17, 15) is 0 Å². The zero-order valence-corrected chi connectivity index (χ0v) is 27.5. The van der Waals surface area contributed by atoms with E-state index in [0.29, 0.717) is 0 Å². The van der Waals surface area contributed by atoms with E-state index in [1.165, 1.54) is 55.3 Å². The second-order valence-electron chi connectivity index (χ2n) is 12.6. The molecule has 2 heteroatoms. The van der Waals surface area contributed by atoms with Crippen LogP contribution in [0.4, 0.5) is 17.1 Å². The predicted molar refractivity (Wildman–Crippen MR) is 212 cm³/mol. The Morgan fingerprint density at radius 1 is 0.320 bits per heavy atom. The fourth-order valence-corrected chi connectivity index (χ4v) is 7.31. The Bertz CT molecular complexity index is 2580. The van der Waals surface area contributed by atoms with Crippen molar-refractivity contribution in [3.05, 3.63) is 200 Å². The number of nitrogens with one attached hydrogen (secondary N) is 1. The van der Waals surface area contributed by atoms with Crippen molar-refractivity contribution in [3.8, 4) is 44.5 Å². The van der Waals surface area contributed by atoms with Crippen LogP contribution in [0.1, 0.15) is 0 Å². The van der Waals surface area contributed by atoms with Gasteiger partial charge in [-0.25, -0.2) is 0 Å². The third-order valence-corrected chi connectivity index (χ3v) is 9.62. The summed E-state index contributed by atoms with van der Waals surface area (Å²) >= 11 is 0. The molecule has 0 spiro atoms. The fraction of sp³-hybridized carbons (Fsp3) is 0. The summed E-state index contributed by atoms with van der Waals surface area (Å²) in [6.45, 7) is 0. The highest BCUT2D eigenvalue weighted by molar-refractivity contribution is 6.14. The van der Waals surface area contributed by atoms with Crippen molar-refractivity contribution in [1.82, 2.24) is 4.98 Å². The van der Waals surface area contributed by atoms with E-state index in [1.807, 2.05) is 0 Å². The van der Waals surface area contributed by atoms with Gasteiger partial charge in [-0.1, -0.05) is 152 Å². The topological polar surface area (TPSA) is 19.0 Å². The zero-order chi connectivity index (χ0) is 33.3. The summed E-state index contributed by atoms with van der Waals surface area (Å²) in [6.07, 6.45) is 0. The number of aromatic nitrogens is 1. The number of rotatable bonds is 7. The highest BCUT2D eigenvalue weighted by Crippen LogP contribution is 2.43. The smallest absolute Gasteiger partial charge is 0.0540 e. The monoisotopic (exact) mass is 638 g/mol. The Hall–Kier alpha value is -6.64. The Balaban J connectivity index is 1.15. The molecule has 9 rings (SSSR count). The van der Waals surface area contributed by atoms with Gasteiger partial charge in [0.15, 0.2) is 0 Å². The number of nitrogens with zero attached hydrogens (tertiary/aromatic N) is 1. The summed E-state index contributed by atoms with van der Waals surface area (Å²) in [5, 5.41) is 2.50. The number of para-hydroxylation sites is 3. The first kappa shape index (κ1) is 29.5. The minimum Gasteiger partial charge on any atom is -0.354 e. The maximum Gasteiger partial charge on any atom is 0.0540 e. The van der Waals surface area contributed by atoms with Gasteiger partial charge < -0.3 is 9.88 Å². The quantitative estimate of drug-likeness (QED) is 0.184. The predicted octanol–water partition coefficient (Wildman–Crippen LogP) is 13.5. The maximum atomic E-state index is 3.61. The van der Waals surface area contributed by atoms with Gasteiger partial charge in [0.25, 0.3) is 0 Å². The Labute approximate surface area is 292 Å². The molecular weight excluding hydrogens is 605 g/mol. The number of hydrogen-bond donors (Lipinski definition) is 1. The van der Waals surface area contributed by atoms with Gasteiger partial charge in [-0.3, -0.25) is 0 Å². The van der Waals surface area contributed by atoms with Gasteiger partial charge in [-0.2, -0.15) is 0 Å². The van der Waals surface area contributed by atoms with Gasteiger partial charge in [0.05, 0.1) is 5.69 Å². The first-order chi connectivity index (χ1) is 24.8. The molecule has 1 N–H and O–H groups in total. The van der Waals surface area contributed by atoms with Crippen molar-refractivity contribution in [2.24, 2.45) is 0 Å². The molecule has 1 aromatic heterocycles. The molecule has 0 amide bonds. The Morgan fingerprint density at radius 2 is 0.820 bits per heavy atom. The van der Waals surface area contributed by atoms with E-state index in [0.717, 1.165) is 28.1 Å². The van der Waals surface area contributed by atoms with Crippen LogP contribution < -0.4 is 4.90 Å². The maximum absolute atomic E-state index is 3.61. The average molecular weight is 639 g/mol. The molecular formula is C48H34N2. The Morgan fingerprint density at radius 3 is 1.58 bits per heavy atom. The van der Waals surface area contributed by atoms with Gasteiger partial charge in [0.1, 0.15) is 0 Å². The van der Waals surface area contributed by atoms with Crippen molar-refractivity contribution in [3.63, 3.8) is 0 Å².